The number of carboxylic acids is 1. The molecule has 24 heavy (non-hydrogen) atoms. The number of rotatable bonds is 4. The van der Waals surface area contributed by atoms with E-state index in [0.29, 0.717) is 5.69 Å². The second-order valence-corrected chi connectivity index (χ2v) is 6.16. The molecule has 0 aromatic heterocycles. The van der Waals surface area contributed by atoms with E-state index in [4.69, 9.17) is 9.84 Å². The van der Waals surface area contributed by atoms with E-state index in [-0.39, 0.29) is 55.5 Å². The Morgan fingerprint density at radius 3 is 2.17 bits per heavy atom. The molecule has 3 aliphatic rings. The van der Waals surface area contributed by atoms with Crippen LogP contribution in [-0.2, 0) is 14.3 Å². The molecule has 2 amide bonds. The van der Waals surface area contributed by atoms with Crippen LogP contribution in [0.2, 0.25) is 0 Å². The molecule has 7 heteroatoms. The fourth-order valence-electron chi connectivity index (χ4n) is 3.83. The molecule has 3 fully saturated rings. The molecule has 3 heterocycles. The van der Waals surface area contributed by atoms with Gasteiger partial charge in [-0.2, -0.15) is 0 Å². The van der Waals surface area contributed by atoms with Gasteiger partial charge in [0.25, 0.3) is 0 Å². The summed E-state index contributed by atoms with van der Waals surface area (Å²) in [7, 11) is 0. The number of ether oxygens (including phenoxy) is 1. The van der Waals surface area contributed by atoms with Crippen molar-refractivity contribution in [2.45, 2.75) is 32.5 Å². The highest BCUT2D eigenvalue weighted by molar-refractivity contribution is 6.06. The van der Waals surface area contributed by atoms with E-state index in [2.05, 4.69) is 5.32 Å². The van der Waals surface area contributed by atoms with Gasteiger partial charge in [0.1, 0.15) is 0 Å². The highest BCUT2D eigenvalue weighted by Crippen LogP contribution is 2.48. The van der Waals surface area contributed by atoms with Gasteiger partial charge >= 0.3 is 5.97 Å². The molecule has 0 saturated carbocycles. The van der Waals surface area contributed by atoms with Crippen LogP contribution in [-0.4, -0.2) is 46.7 Å². The lowest BCUT2D eigenvalue weighted by molar-refractivity contribution is -0.142. The average molecular weight is 332 g/mol. The van der Waals surface area contributed by atoms with Gasteiger partial charge < -0.3 is 15.2 Å². The normalized spacial score (nSPS) is 30.2. The molecule has 3 saturated heterocycles. The molecule has 0 spiro atoms. The monoisotopic (exact) mass is 332 g/mol. The van der Waals surface area contributed by atoms with E-state index < -0.39 is 5.97 Å². The molecule has 7 nitrogen and oxygen atoms in total. The van der Waals surface area contributed by atoms with Gasteiger partial charge in [-0.15, -0.1) is 0 Å². The van der Waals surface area contributed by atoms with Crippen molar-refractivity contribution in [1.29, 1.82) is 0 Å². The van der Waals surface area contributed by atoms with Crippen LogP contribution in [0.5, 0.6) is 0 Å². The first-order valence-electron chi connectivity index (χ1n) is 7.64. The van der Waals surface area contributed by atoms with Crippen molar-refractivity contribution in [3.05, 3.63) is 29.8 Å². The summed E-state index contributed by atoms with van der Waals surface area (Å²) in [6.07, 6.45) is 1.48. The van der Waals surface area contributed by atoms with Crippen LogP contribution < -0.4 is 5.32 Å². The van der Waals surface area contributed by atoms with Crippen molar-refractivity contribution in [2.24, 2.45) is 11.8 Å². The van der Waals surface area contributed by atoms with Crippen molar-refractivity contribution in [3.8, 4) is 0 Å². The number of imide groups is 1. The standard InChI is InChI=1S/C16H16N2O5.CH4/c19-14-12-10-5-6-11(23-10)13(12)15(20)18(14)7-17-9-3-1-8(2-4-9)16(21)22;/h1-4,10-13,17H,5-7H2,(H,21,22);1H4/t10?,11?,12-,13?;/m1./s1. The van der Waals surface area contributed by atoms with Crippen LogP contribution in [0.25, 0.3) is 0 Å². The summed E-state index contributed by atoms with van der Waals surface area (Å²) in [5.74, 6) is -1.97. The Morgan fingerprint density at radius 1 is 1.12 bits per heavy atom. The first-order chi connectivity index (χ1) is 11.1. The number of carbonyl (C=O) groups is 3. The number of amides is 2. The van der Waals surface area contributed by atoms with Crippen LogP contribution >= 0.6 is 0 Å². The minimum atomic E-state index is -0.996. The van der Waals surface area contributed by atoms with Gasteiger partial charge in [-0.25, -0.2) is 4.79 Å². The zero-order chi connectivity index (χ0) is 16.1. The molecule has 1 aromatic rings. The van der Waals surface area contributed by atoms with Crippen molar-refractivity contribution < 1.29 is 24.2 Å². The van der Waals surface area contributed by atoms with Crippen molar-refractivity contribution >= 4 is 23.5 Å². The minimum Gasteiger partial charge on any atom is -0.478 e. The topological polar surface area (TPSA) is 95.9 Å². The lowest BCUT2D eigenvalue weighted by Gasteiger charge is -2.18. The van der Waals surface area contributed by atoms with Crippen LogP contribution in [0, 0.1) is 11.8 Å². The lowest BCUT2D eigenvalue weighted by atomic mass is 9.81. The van der Waals surface area contributed by atoms with Crippen LogP contribution in [0.3, 0.4) is 0 Å². The van der Waals surface area contributed by atoms with Crippen molar-refractivity contribution in [2.75, 3.05) is 12.0 Å². The zero-order valence-electron chi connectivity index (χ0n) is 12.3. The third-order valence-electron chi connectivity index (χ3n) is 4.95. The molecule has 2 N–H and O–H groups in total. The third-order valence-corrected chi connectivity index (χ3v) is 4.95. The van der Waals surface area contributed by atoms with Gasteiger partial charge in [-0.1, -0.05) is 7.43 Å². The average Bonchev–Trinajstić information content (AvgIpc) is 3.21. The Hall–Kier alpha value is -2.41. The summed E-state index contributed by atoms with van der Waals surface area (Å²) in [5, 5.41) is 11.9. The second-order valence-electron chi connectivity index (χ2n) is 6.16. The van der Waals surface area contributed by atoms with Crippen molar-refractivity contribution in [3.63, 3.8) is 0 Å². The number of carboxylic acid groups (broad SMARTS) is 1. The molecule has 4 rings (SSSR count). The lowest BCUT2D eigenvalue weighted by Crippen LogP contribution is -2.38. The van der Waals surface area contributed by atoms with Crippen LogP contribution in [0.15, 0.2) is 24.3 Å². The van der Waals surface area contributed by atoms with E-state index in [1.54, 1.807) is 12.1 Å². The minimum absolute atomic E-state index is 0. The Kier molecular flexibility index (Phi) is 4.04. The molecule has 3 unspecified atom stereocenters. The fourth-order valence-corrected chi connectivity index (χ4v) is 3.83. The fraction of sp³-hybridized carbons (Fsp3) is 0.471. The van der Waals surface area contributed by atoms with Gasteiger partial charge in [-0.3, -0.25) is 14.5 Å². The molecule has 0 aliphatic carbocycles. The Morgan fingerprint density at radius 2 is 1.67 bits per heavy atom. The number of carbonyl (C=O) groups excluding carboxylic acids is 2. The first-order valence-corrected chi connectivity index (χ1v) is 7.64. The smallest absolute Gasteiger partial charge is 0.335 e. The molecule has 0 radical (unpaired) electrons. The van der Waals surface area contributed by atoms with Crippen LogP contribution in [0.1, 0.15) is 30.6 Å². The summed E-state index contributed by atoms with van der Waals surface area (Å²) < 4.78 is 5.68. The number of hydrogen-bond acceptors (Lipinski definition) is 5. The maximum Gasteiger partial charge on any atom is 0.335 e. The number of anilines is 1. The highest BCUT2D eigenvalue weighted by Gasteiger charge is 2.62. The molecule has 128 valence electrons. The number of nitrogens with zero attached hydrogens (tertiary/aromatic N) is 1. The molecule has 2 bridgehead atoms. The molecular weight excluding hydrogens is 312 g/mol. The number of aromatic carboxylic acids is 1. The maximum atomic E-state index is 12.5. The summed E-state index contributed by atoms with van der Waals surface area (Å²) in [5.41, 5.74) is 0.846. The SMILES string of the molecule is C.O=C(O)c1ccc(NCN2C(=O)C3C4CCC(O4)[C@H]3C2=O)cc1. The summed E-state index contributed by atoms with van der Waals surface area (Å²) in [6, 6.07) is 6.17. The summed E-state index contributed by atoms with van der Waals surface area (Å²) >= 11 is 0. The quantitative estimate of drug-likeness (QED) is 0.812. The predicted octanol–water partition coefficient (Wildman–Crippen LogP) is 1.55. The van der Waals surface area contributed by atoms with E-state index in [1.165, 1.54) is 17.0 Å². The Bertz CT molecular complexity index is 659. The number of hydrogen-bond donors (Lipinski definition) is 2. The van der Waals surface area contributed by atoms with Gasteiger partial charge in [0.2, 0.25) is 11.8 Å². The number of likely N-dealkylation sites (tertiary alicyclic amines) is 1. The Balaban J connectivity index is 0.00000169. The zero-order valence-corrected chi connectivity index (χ0v) is 12.3. The highest BCUT2D eigenvalue weighted by atomic mass is 16.5. The number of benzene rings is 1. The predicted molar refractivity (Wildman–Crippen MR) is 85.4 cm³/mol. The van der Waals surface area contributed by atoms with Crippen LogP contribution in [0.4, 0.5) is 5.69 Å². The largest absolute Gasteiger partial charge is 0.478 e. The molecule has 4 atom stereocenters. The van der Waals surface area contributed by atoms with Gasteiger partial charge in [-0.05, 0) is 37.1 Å². The van der Waals surface area contributed by atoms with Crippen molar-refractivity contribution in [1.82, 2.24) is 4.90 Å². The van der Waals surface area contributed by atoms with E-state index in [0.717, 1.165) is 12.8 Å². The molecular formula is C17H20N2O5. The van der Waals surface area contributed by atoms with E-state index in [9.17, 15) is 14.4 Å². The molecule has 3 aliphatic heterocycles. The Labute approximate surface area is 139 Å². The van der Waals surface area contributed by atoms with Gasteiger partial charge in [0.05, 0.1) is 36.3 Å². The first kappa shape index (κ1) is 16.4. The second kappa shape index (κ2) is 5.90. The van der Waals surface area contributed by atoms with Gasteiger partial charge in [0, 0.05) is 5.69 Å². The maximum absolute atomic E-state index is 12.5. The summed E-state index contributed by atoms with van der Waals surface area (Å²) in [4.78, 5) is 37.0. The van der Waals surface area contributed by atoms with E-state index in [1.807, 2.05) is 0 Å². The number of nitrogens with one attached hydrogen (secondary N) is 1. The number of fused-ring (bicyclic) bond motifs is 5. The summed E-state index contributed by atoms with van der Waals surface area (Å²) in [6.45, 7) is 0.0938. The van der Waals surface area contributed by atoms with E-state index >= 15 is 0 Å². The molecule has 1 aromatic carbocycles. The third kappa shape index (κ3) is 2.36. The van der Waals surface area contributed by atoms with Gasteiger partial charge in [0.15, 0.2) is 0 Å².